The first-order valence-corrected chi connectivity index (χ1v) is 7.95. The van der Waals surface area contributed by atoms with Crippen LogP contribution in [-0.2, 0) is 0 Å². The Morgan fingerprint density at radius 3 is 2.41 bits per heavy atom. The standard InChI is InChI=1S/C21H22O/c1-5-19(22)21-17-9-7-6-8-16(17)10-11-18(21)20-14(3)12-13(2)15(20)4/h6-12,20H,5H2,1-4H3. The molecule has 1 unspecified atom stereocenters. The third-order valence-electron chi connectivity index (χ3n) is 4.83. The molecule has 0 radical (unpaired) electrons. The van der Waals surface area contributed by atoms with Gasteiger partial charge in [-0.25, -0.2) is 0 Å². The van der Waals surface area contributed by atoms with Gasteiger partial charge in [0.2, 0.25) is 0 Å². The zero-order chi connectivity index (χ0) is 15.9. The van der Waals surface area contributed by atoms with Crippen molar-refractivity contribution in [3.8, 4) is 0 Å². The SMILES string of the molecule is CCC(=O)c1c(C2C(C)=CC(C)=C2C)ccc2ccccc12. The fraction of sp³-hybridized carbons (Fsp3) is 0.286. The minimum absolute atomic E-state index is 0.233. The Bertz CT molecular complexity index is 821. The second-order valence-corrected chi connectivity index (χ2v) is 6.22. The number of carbonyl (C=O) groups excluding carboxylic acids is 1. The zero-order valence-corrected chi connectivity index (χ0v) is 13.7. The van der Waals surface area contributed by atoms with Gasteiger partial charge in [0.25, 0.3) is 0 Å². The summed E-state index contributed by atoms with van der Waals surface area (Å²) in [5.41, 5.74) is 6.08. The molecule has 3 rings (SSSR count). The van der Waals surface area contributed by atoms with E-state index >= 15 is 0 Å². The van der Waals surface area contributed by atoms with E-state index in [1.807, 2.05) is 19.1 Å². The fourth-order valence-electron chi connectivity index (χ4n) is 3.60. The molecule has 0 spiro atoms. The molecule has 1 aliphatic rings. The van der Waals surface area contributed by atoms with Gasteiger partial charge in [0, 0.05) is 17.9 Å². The number of allylic oxidation sites excluding steroid dienone is 4. The molecule has 0 aromatic heterocycles. The van der Waals surface area contributed by atoms with E-state index in [-0.39, 0.29) is 11.7 Å². The van der Waals surface area contributed by atoms with Gasteiger partial charge in [0.1, 0.15) is 0 Å². The fourth-order valence-corrected chi connectivity index (χ4v) is 3.60. The lowest BCUT2D eigenvalue weighted by molar-refractivity contribution is 0.0989. The molecule has 0 bridgehead atoms. The largest absolute Gasteiger partial charge is 0.294 e. The first-order chi connectivity index (χ1) is 10.5. The van der Waals surface area contributed by atoms with Crippen LogP contribution in [0.25, 0.3) is 10.8 Å². The predicted molar refractivity (Wildman–Crippen MR) is 93.4 cm³/mol. The van der Waals surface area contributed by atoms with Gasteiger partial charge in [-0.3, -0.25) is 4.79 Å². The molecule has 0 heterocycles. The predicted octanol–water partition coefficient (Wildman–Crippen LogP) is 5.81. The highest BCUT2D eigenvalue weighted by atomic mass is 16.1. The van der Waals surface area contributed by atoms with E-state index in [1.165, 1.54) is 16.7 Å². The number of carbonyl (C=O) groups is 1. The number of Topliss-reactive ketones (excluding diaryl/α,β-unsaturated/α-hetero) is 1. The van der Waals surface area contributed by atoms with Crippen LogP contribution in [0.4, 0.5) is 0 Å². The van der Waals surface area contributed by atoms with Crippen LogP contribution in [0.2, 0.25) is 0 Å². The van der Waals surface area contributed by atoms with Crippen LogP contribution in [0.5, 0.6) is 0 Å². The molecule has 1 nitrogen and oxygen atoms in total. The second kappa shape index (κ2) is 5.57. The van der Waals surface area contributed by atoms with Crippen LogP contribution in [0.15, 0.2) is 59.2 Å². The van der Waals surface area contributed by atoms with Gasteiger partial charge in [-0.15, -0.1) is 0 Å². The third kappa shape index (κ3) is 2.21. The van der Waals surface area contributed by atoms with Gasteiger partial charge < -0.3 is 0 Å². The van der Waals surface area contributed by atoms with Crippen molar-refractivity contribution < 1.29 is 4.79 Å². The normalized spacial score (nSPS) is 18.0. The van der Waals surface area contributed by atoms with Crippen LogP contribution in [0, 0.1) is 0 Å². The third-order valence-corrected chi connectivity index (χ3v) is 4.83. The lowest BCUT2D eigenvalue weighted by atomic mass is 9.82. The summed E-state index contributed by atoms with van der Waals surface area (Å²) >= 11 is 0. The first kappa shape index (κ1) is 14.8. The molecular formula is C21H22O. The van der Waals surface area contributed by atoms with E-state index in [0.29, 0.717) is 6.42 Å². The van der Waals surface area contributed by atoms with Crippen molar-refractivity contribution in [3.63, 3.8) is 0 Å². The Balaban J connectivity index is 2.31. The summed E-state index contributed by atoms with van der Waals surface area (Å²) in [6.07, 6.45) is 2.79. The molecule has 0 saturated carbocycles. The molecule has 1 atom stereocenters. The zero-order valence-electron chi connectivity index (χ0n) is 13.7. The average Bonchev–Trinajstić information content (AvgIpc) is 2.78. The molecule has 2 aromatic rings. The van der Waals surface area contributed by atoms with Gasteiger partial charge in [0.05, 0.1) is 0 Å². The molecule has 1 aliphatic carbocycles. The van der Waals surface area contributed by atoms with Gasteiger partial charge in [-0.05, 0) is 37.1 Å². The maximum absolute atomic E-state index is 12.7. The number of hydrogen-bond acceptors (Lipinski definition) is 1. The lowest BCUT2D eigenvalue weighted by Gasteiger charge is -2.20. The van der Waals surface area contributed by atoms with Crippen molar-refractivity contribution in [2.75, 3.05) is 0 Å². The van der Waals surface area contributed by atoms with Crippen LogP contribution in [-0.4, -0.2) is 5.78 Å². The molecule has 0 amide bonds. The summed E-state index contributed by atoms with van der Waals surface area (Å²) in [5, 5.41) is 2.22. The lowest BCUT2D eigenvalue weighted by Crippen LogP contribution is -2.09. The topological polar surface area (TPSA) is 17.1 Å². The van der Waals surface area contributed by atoms with Crippen LogP contribution in [0.3, 0.4) is 0 Å². The van der Waals surface area contributed by atoms with Gasteiger partial charge in [-0.1, -0.05) is 66.1 Å². The minimum Gasteiger partial charge on any atom is -0.294 e. The van der Waals surface area contributed by atoms with Gasteiger partial charge in [-0.2, -0.15) is 0 Å². The van der Waals surface area contributed by atoms with E-state index in [4.69, 9.17) is 0 Å². The Hall–Kier alpha value is -2.15. The Labute approximate surface area is 132 Å². The van der Waals surface area contributed by atoms with Crippen molar-refractivity contribution in [1.82, 2.24) is 0 Å². The number of ketones is 1. The van der Waals surface area contributed by atoms with E-state index in [9.17, 15) is 4.79 Å². The Morgan fingerprint density at radius 2 is 1.77 bits per heavy atom. The number of fused-ring (bicyclic) bond motifs is 1. The summed E-state index contributed by atoms with van der Waals surface area (Å²) in [7, 11) is 0. The first-order valence-electron chi connectivity index (χ1n) is 7.95. The highest BCUT2D eigenvalue weighted by Gasteiger charge is 2.27. The van der Waals surface area contributed by atoms with Crippen molar-refractivity contribution >= 4 is 16.6 Å². The Kier molecular flexibility index (Phi) is 3.74. The van der Waals surface area contributed by atoms with Crippen molar-refractivity contribution in [2.24, 2.45) is 0 Å². The maximum atomic E-state index is 12.7. The van der Waals surface area contributed by atoms with Crippen LogP contribution < -0.4 is 0 Å². The molecule has 1 heteroatoms. The van der Waals surface area contributed by atoms with E-state index < -0.39 is 0 Å². The van der Waals surface area contributed by atoms with Crippen LogP contribution in [0.1, 0.15) is 56.0 Å². The average molecular weight is 290 g/mol. The molecular weight excluding hydrogens is 268 g/mol. The van der Waals surface area contributed by atoms with Crippen molar-refractivity contribution in [2.45, 2.75) is 40.0 Å². The highest BCUT2D eigenvalue weighted by Crippen LogP contribution is 2.42. The monoisotopic (exact) mass is 290 g/mol. The molecule has 2 aromatic carbocycles. The molecule has 112 valence electrons. The highest BCUT2D eigenvalue weighted by molar-refractivity contribution is 6.09. The van der Waals surface area contributed by atoms with Crippen LogP contribution >= 0.6 is 0 Å². The van der Waals surface area contributed by atoms with Gasteiger partial charge in [0.15, 0.2) is 5.78 Å². The van der Waals surface area contributed by atoms with Crippen molar-refractivity contribution in [3.05, 3.63) is 70.3 Å². The van der Waals surface area contributed by atoms with E-state index in [0.717, 1.165) is 21.9 Å². The quantitative estimate of drug-likeness (QED) is 0.652. The summed E-state index contributed by atoms with van der Waals surface area (Å²) in [6, 6.07) is 12.5. The molecule has 0 saturated heterocycles. The molecule has 0 N–H and O–H groups in total. The second-order valence-electron chi connectivity index (χ2n) is 6.22. The molecule has 22 heavy (non-hydrogen) atoms. The summed E-state index contributed by atoms with van der Waals surface area (Å²) in [6.45, 7) is 8.45. The van der Waals surface area contributed by atoms with E-state index in [2.05, 4.69) is 51.1 Å². The Morgan fingerprint density at radius 1 is 1.05 bits per heavy atom. The number of rotatable bonds is 3. The van der Waals surface area contributed by atoms with E-state index in [1.54, 1.807) is 0 Å². The summed E-state index contributed by atoms with van der Waals surface area (Å²) in [4.78, 5) is 12.7. The molecule has 0 aliphatic heterocycles. The smallest absolute Gasteiger partial charge is 0.163 e. The summed E-state index contributed by atoms with van der Waals surface area (Å²) < 4.78 is 0. The number of hydrogen-bond donors (Lipinski definition) is 0. The number of benzene rings is 2. The van der Waals surface area contributed by atoms with Crippen molar-refractivity contribution in [1.29, 1.82) is 0 Å². The summed E-state index contributed by atoms with van der Waals surface area (Å²) in [5.74, 6) is 0.479. The minimum atomic E-state index is 0.233. The van der Waals surface area contributed by atoms with Gasteiger partial charge >= 0.3 is 0 Å². The maximum Gasteiger partial charge on any atom is 0.163 e. The molecule has 0 fully saturated rings.